The summed E-state index contributed by atoms with van der Waals surface area (Å²) in [4.78, 5) is 47.5. The molecule has 158 valence electrons. The van der Waals surface area contributed by atoms with Gasteiger partial charge in [0.2, 0.25) is 5.91 Å². The number of anilines is 2. The van der Waals surface area contributed by atoms with Gasteiger partial charge in [-0.25, -0.2) is 4.79 Å². The lowest BCUT2D eigenvalue weighted by atomic mass is 10.1. The van der Waals surface area contributed by atoms with Crippen molar-refractivity contribution in [1.29, 1.82) is 0 Å². The molecule has 2 aromatic rings. The summed E-state index contributed by atoms with van der Waals surface area (Å²) < 4.78 is 43.7. The second-order valence-electron chi connectivity index (χ2n) is 6.14. The van der Waals surface area contributed by atoms with Gasteiger partial charge < -0.3 is 10.1 Å². The van der Waals surface area contributed by atoms with Gasteiger partial charge in [-0.05, 0) is 31.2 Å². The number of carbonyl (C=O) groups excluding carboxylic acids is 3. The number of halogens is 3. The van der Waals surface area contributed by atoms with Gasteiger partial charge in [-0.15, -0.1) is 0 Å². The molecule has 1 N–H and O–H groups in total. The highest BCUT2D eigenvalue weighted by Crippen LogP contribution is 2.37. The molecule has 1 aliphatic heterocycles. The molecule has 0 saturated carbocycles. The number of esters is 1. The third-order valence-corrected chi connectivity index (χ3v) is 5.08. The highest BCUT2D eigenvalue weighted by molar-refractivity contribution is 7.17. The van der Waals surface area contributed by atoms with Crippen molar-refractivity contribution < 1.29 is 37.2 Å². The Morgan fingerprint density at radius 2 is 2.00 bits per heavy atom. The first kappa shape index (κ1) is 21.2. The average Bonchev–Trinajstić information content (AvgIpc) is 3.16. The molecule has 30 heavy (non-hydrogen) atoms. The van der Waals surface area contributed by atoms with Gasteiger partial charge in [-0.2, -0.15) is 13.2 Å². The van der Waals surface area contributed by atoms with Crippen molar-refractivity contribution in [3.63, 3.8) is 0 Å². The van der Waals surface area contributed by atoms with Gasteiger partial charge in [0.1, 0.15) is 11.4 Å². The number of rotatable bonds is 4. The molecule has 0 radical (unpaired) electrons. The van der Waals surface area contributed by atoms with Crippen LogP contribution in [0.4, 0.5) is 29.5 Å². The van der Waals surface area contributed by atoms with Crippen molar-refractivity contribution in [2.45, 2.75) is 19.2 Å². The first-order valence-electron chi connectivity index (χ1n) is 8.25. The van der Waals surface area contributed by atoms with Gasteiger partial charge in [-0.1, -0.05) is 11.3 Å². The lowest BCUT2D eigenvalue weighted by molar-refractivity contribution is -0.380. The molecule has 0 aliphatic carbocycles. The number of nitrogens with one attached hydrogen (secondary N) is 1. The van der Waals surface area contributed by atoms with E-state index in [2.05, 4.69) is 5.32 Å². The van der Waals surface area contributed by atoms with Crippen LogP contribution in [0.3, 0.4) is 0 Å². The van der Waals surface area contributed by atoms with E-state index in [-0.39, 0.29) is 21.3 Å². The quantitative estimate of drug-likeness (QED) is 0.440. The van der Waals surface area contributed by atoms with Crippen LogP contribution in [0.15, 0.2) is 30.3 Å². The fourth-order valence-electron chi connectivity index (χ4n) is 2.69. The molecule has 1 aromatic heterocycles. The Morgan fingerprint density at radius 3 is 2.60 bits per heavy atom. The Labute approximate surface area is 170 Å². The van der Waals surface area contributed by atoms with Crippen LogP contribution in [0.1, 0.15) is 22.2 Å². The monoisotopic (exact) mass is 443 g/mol. The van der Waals surface area contributed by atoms with Gasteiger partial charge in [-0.3, -0.25) is 24.6 Å². The molecule has 1 unspecified atom stereocenters. The summed E-state index contributed by atoms with van der Waals surface area (Å²) in [5.74, 6) is -2.55. The lowest BCUT2D eigenvalue weighted by Crippen LogP contribution is -2.47. The maximum Gasteiger partial charge on any atom is 0.416 e. The number of hydrogen-bond acceptors (Lipinski definition) is 7. The largest absolute Gasteiger partial charge is 0.448 e. The SMILES string of the molecule is CC(OC(=O)c1ccc([N+](=O)[O-])s1)C(=O)N1CC(=O)Nc2cc(C(F)(F)F)ccc21. The number of thiophene rings is 1. The third kappa shape index (κ3) is 4.25. The Hall–Kier alpha value is -3.48. The zero-order valence-corrected chi connectivity index (χ0v) is 15.9. The molecule has 0 spiro atoms. The Bertz CT molecular complexity index is 1050. The van der Waals surface area contributed by atoms with E-state index in [1.807, 2.05) is 0 Å². The Kier molecular flexibility index (Phi) is 5.48. The standard InChI is InChI=1S/C17H12F3N3O6S/c1-8(29-16(26)12-4-5-14(30-12)23(27)28)15(25)22-7-13(24)21-10-6-9(17(18,19)20)2-3-11(10)22/h2-6,8H,7H2,1H3,(H,21,24). The number of carbonyl (C=O) groups is 3. The number of amides is 2. The molecule has 9 nitrogen and oxygen atoms in total. The Morgan fingerprint density at radius 1 is 1.30 bits per heavy atom. The van der Waals surface area contributed by atoms with E-state index in [0.29, 0.717) is 17.4 Å². The minimum absolute atomic E-state index is 0.0160. The zero-order valence-electron chi connectivity index (χ0n) is 15.1. The number of fused-ring (bicyclic) bond motifs is 1. The van der Waals surface area contributed by atoms with E-state index in [0.717, 1.165) is 23.1 Å². The van der Waals surface area contributed by atoms with Gasteiger partial charge in [0.05, 0.1) is 21.9 Å². The summed E-state index contributed by atoms with van der Waals surface area (Å²) in [6, 6.07) is 4.78. The smallest absolute Gasteiger partial charge is 0.416 e. The molecule has 1 aliphatic rings. The molecule has 2 amide bonds. The molecule has 0 saturated heterocycles. The fourth-order valence-corrected chi connectivity index (χ4v) is 3.39. The van der Waals surface area contributed by atoms with Crippen molar-refractivity contribution in [3.8, 4) is 0 Å². The van der Waals surface area contributed by atoms with Crippen LogP contribution < -0.4 is 10.2 Å². The molecule has 0 bridgehead atoms. The van der Waals surface area contributed by atoms with Gasteiger partial charge in [0, 0.05) is 6.07 Å². The molecule has 3 rings (SSSR count). The van der Waals surface area contributed by atoms with Gasteiger partial charge >= 0.3 is 17.1 Å². The number of benzene rings is 1. The maximum atomic E-state index is 12.9. The molecular weight excluding hydrogens is 431 g/mol. The van der Waals surface area contributed by atoms with Crippen LogP contribution in [0.5, 0.6) is 0 Å². The minimum Gasteiger partial charge on any atom is -0.448 e. The van der Waals surface area contributed by atoms with Crippen LogP contribution in [-0.4, -0.2) is 35.4 Å². The predicted octanol–water partition coefficient (Wildman–Crippen LogP) is 3.21. The number of nitro groups is 1. The van der Waals surface area contributed by atoms with E-state index in [1.165, 1.54) is 13.0 Å². The molecule has 1 aromatic carbocycles. The van der Waals surface area contributed by atoms with E-state index in [4.69, 9.17) is 4.74 Å². The van der Waals surface area contributed by atoms with Crippen molar-refractivity contribution in [1.82, 2.24) is 0 Å². The number of nitrogens with zero attached hydrogens (tertiary/aromatic N) is 2. The summed E-state index contributed by atoms with van der Waals surface area (Å²) in [7, 11) is 0. The third-order valence-electron chi connectivity index (χ3n) is 4.06. The average molecular weight is 443 g/mol. The van der Waals surface area contributed by atoms with Crippen molar-refractivity contribution >= 4 is 45.5 Å². The van der Waals surface area contributed by atoms with Crippen LogP contribution in [0, 0.1) is 10.1 Å². The summed E-state index contributed by atoms with van der Waals surface area (Å²) in [5, 5.41) is 12.7. The lowest BCUT2D eigenvalue weighted by Gasteiger charge is -2.31. The first-order valence-corrected chi connectivity index (χ1v) is 9.06. The number of alkyl halides is 3. The topological polar surface area (TPSA) is 119 Å². The highest BCUT2D eigenvalue weighted by atomic mass is 32.1. The van der Waals surface area contributed by atoms with E-state index >= 15 is 0 Å². The van der Waals surface area contributed by atoms with Crippen LogP contribution in [0.25, 0.3) is 0 Å². The van der Waals surface area contributed by atoms with Crippen molar-refractivity contribution in [2.75, 3.05) is 16.8 Å². The van der Waals surface area contributed by atoms with Crippen LogP contribution in [-0.2, 0) is 20.5 Å². The molecule has 1 atom stereocenters. The maximum absolute atomic E-state index is 12.9. The second kappa shape index (κ2) is 7.74. The summed E-state index contributed by atoms with van der Waals surface area (Å²) in [6.07, 6.45) is -6.04. The fraction of sp³-hybridized carbons (Fsp3) is 0.235. The van der Waals surface area contributed by atoms with E-state index in [1.54, 1.807) is 0 Å². The number of ether oxygens (including phenoxy) is 1. The molecule has 0 fully saturated rings. The minimum atomic E-state index is -4.64. The number of hydrogen-bond donors (Lipinski definition) is 1. The zero-order chi connectivity index (χ0) is 22.2. The van der Waals surface area contributed by atoms with E-state index < -0.39 is 47.1 Å². The molecule has 13 heteroatoms. The predicted molar refractivity (Wildman–Crippen MR) is 98.3 cm³/mol. The highest BCUT2D eigenvalue weighted by Gasteiger charge is 2.35. The van der Waals surface area contributed by atoms with Gasteiger partial charge in [0.15, 0.2) is 6.10 Å². The van der Waals surface area contributed by atoms with Gasteiger partial charge in [0.25, 0.3) is 5.91 Å². The van der Waals surface area contributed by atoms with Crippen LogP contribution >= 0.6 is 11.3 Å². The van der Waals surface area contributed by atoms with Crippen LogP contribution in [0.2, 0.25) is 0 Å². The van der Waals surface area contributed by atoms with E-state index in [9.17, 15) is 37.7 Å². The summed E-state index contributed by atoms with van der Waals surface area (Å²) in [5.41, 5.74) is -1.20. The van der Waals surface area contributed by atoms with Crippen molar-refractivity contribution in [2.24, 2.45) is 0 Å². The normalized spacial score (nSPS) is 14.5. The summed E-state index contributed by atoms with van der Waals surface area (Å²) in [6.45, 7) is 0.738. The van der Waals surface area contributed by atoms with Crippen molar-refractivity contribution in [3.05, 3.63) is 50.9 Å². The second-order valence-corrected chi connectivity index (χ2v) is 7.21. The summed E-state index contributed by atoms with van der Waals surface area (Å²) >= 11 is 0.562. The molecular formula is C17H12F3N3O6S. The first-order chi connectivity index (χ1) is 14.0. The molecule has 2 heterocycles. The Balaban J connectivity index is 1.80.